The fourth-order valence-corrected chi connectivity index (χ4v) is 1.72. The van der Waals surface area contributed by atoms with E-state index in [-0.39, 0.29) is 6.10 Å². The van der Waals surface area contributed by atoms with Gasteiger partial charge in [-0.25, -0.2) is 9.78 Å². The van der Waals surface area contributed by atoms with Crippen LogP contribution < -0.4 is 10.2 Å². The lowest BCUT2D eigenvalue weighted by Crippen LogP contribution is -2.22. The number of anilines is 2. The number of nitrogens with one attached hydrogen (secondary N) is 1. The van der Waals surface area contributed by atoms with E-state index in [0.29, 0.717) is 12.2 Å². The second kappa shape index (κ2) is 4.36. The van der Waals surface area contributed by atoms with E-state index in [9.17, 15) is 9.90 Å². The molecule has 0 spiro atoms. The quantitative estimate of drug-likeness (QED) is 0.688. The first-order valence-electron chi connectivity index (χ1n) is 5.04. The lowest BCUT2D eigenvalue weighted by atomic mass is 10.3. The van der Waals surface area contributed by atoms with E-state index in [2.05, 4.69) is 10.3 Å². The van der Waals surface area contributed by atoms with Gasteiger partial charge in [-0.15, -0.1) is 0 Å². The normalized spacial score (nSPS) is 19.8. The summed E-state index contributed by atoms with van der Waals surface area (Å²) in [6.45, 7) is 1.36. The molecule has 2 rings (SSSR count). The standard InChI is InChI=1S/C10H13N3O3/c14-8-3-4-13(6-8)9-2-1-7(5-11-9)12-10(15)16/h1-2,5,8,12,14H,3-4,6H2,(H,15,16)/t8-/m0/s1. The molecule has 0 bridgehead atoms. The van der Waals surface area contributed by atoms with Crippen molar-refractivity contribution in [2.45, 2.75) is 12.5 Å². The molecular formula is C10H13N3O3. The summed E-state index contributed by atoms with van der Waals surface area (Å²) in [5, 5.41) is 20.1. The highest BCUT2D eigenvalue weighted by Crippen LogP contribution is 2.19. The van der Waals surface area contributed by atoms with E-state index < -0.39 is 6.09 Å². The molecule has 0 aromatic carbocycles. The van der Waals surface area contributed by atoms with Crippen molar-refractivity contribution in [3.8, 4) is 0 Å². The van der Waals surface area contributed by atoms with Gasteiger partial charge in [-0.3, -0.25) is 5.32 Å². The predicted molar refractivity (Wildman–Crippen MR) is 58.7 cm³/mol. The number of hydrogen-bond acceptors (Lipinski definition) is 4. The minimum atomic E-state index is -1.11. The predicted octanol–water partition coefficient (Wildman–Crippen LogP) is 0.743. The smallest absolute Gasteiger partial charge is 0.409 e. The van der Waals surface area contributed by atoms with Crippen molar-refractivity contribution in [2.75, 3.05) is 23.3 Å². The highest BCUT2D eigenvalue weighted by Gasteiger charge is 2.20. The van der Waals surface area contributed by atoms with Crippen molar-refractivity contribution in [3.05, 3.63) is 18.3 Å². The second-order valence-corrected chi connectivity index (χ2v) is 3.72. The maximum atomic E-state index is 10.4. The van der Waals surface area contributed by atoms with E-state index in [1.807, 2.05) is 4.90 Å². The average Bonchev–Trinajstić information content (AvgIpc) is 2.65. The molecule has 1 atom stereocenters. The maximum Gasteiger partial charge on any atom is 0.409 e. The molecule has 2 heterocycles. The Bertz CT molecular complexity index is 379. The van der Waals surface area contributed by atoms with Crippen molar-refractivity contribution in [2.24, 2.45) is 0 Å². The fourth-order valence-electron chi connectivity index (χ4n) is 1.72. The van der Waals surface area contributed by atoms with E-state index in [4.69, 9.17) is 5.11 Å². The first-order valence-corrected chi connectivity index (χ1v) is 5.04. The van der Waals surface area contributed by atoms with E-state index in [1.54, 1.807) is 12.1 Å². The Balaban J connectivity index is 2.04. The van der Waals surface area contributed by atoms with Crippen molar-refractivity contribution >= 4 is 17.6 Å². The number of nitrogens with zero attached hydrogens (tertiary/aromatic N) is 2. The number of aliphatic hydroxyl groups excluding tert-OH is 1. The first-order chi connectivity index (χ1) is 7.65. The number of aromatic nitrogens is 1. The van der Waals surface area contributed by atoms with Crippen LogP contribution in [0.1, 0.15) is 6.42 Å². The molecular weight excluding hydrogens is 210 g/mol. The van der Waals surface area contributed by atoms with Gasteiger partial charge in [0.1, 0.15) is 5.82 Å². The number of pyridine rings is 1. The highest BCUT2D eigenvalue weighted by atomic mass is 16.4. The van der Waals surface area contributed by atoms with Gasteiger partial charge in [-0.05, 0) is 18.6 Å². The first kappa shape index (κ1) is 10.7. The molecule has 3 N–H and O–H groups in total. The van der Waals surface area contributed by atoms with Crippen molar-refractivity contribution in [1.82, 2.24) is 4.98 Å². The van der Waals surface area contributed by atoms with Crippen LogP contribution >= 0.6 is 0 Å². The topological polar surface area (TPSA) is 85.7 Å². The maximum absolute atomic E-state index is 10.4. The zero-order valence-corrected chi connectivity index (χ0v) is 8.63. The summed E-state index contributed by atoms with van der Waals surface area (Å²) in [6.07, 6.45) is 0.815. The Morgan fingerprint density at radius 3 is 2.88 bits per heavy atom. The second-order valence-electron chi connectivity index (χ2n) is 3.72. The van der Waals surface area contributed by atoms with Crippen LogP contribution in [0.25, 0.3) is 0 Å². The zero-order chi connectivity index (χ0) is 11.5. The molecule has 16 heavy (non-hydrogen) atoms. The van der Waals surface area contributed by atoms with Crippen LogP contribution in [-0.2, 0) is 0 Å². The summed E-state index contributed by atoms with van der Waals surface area (Å²) < 4.78 is 0. The molecule has 1 aromatic heterocycles. The fraction of sp³-hybridized carbons (Fsp3) is 0.400. The molecule has 1 saturated heterocycles. The van der Waals surface area contributed by atoms with Gasteiger partial charge >= 0.3 is 6.09 Å². The van der Waals surface area contributed by atoms with Crippen molar-refractivity contribution < 1.29 is 15.0 Å². The summed E-state index contributed by atoms with van der Waals surface area (Å²) in [5.74, 6) is 0.757. The lowest BCUT2D eigenvalue weighted by molar-refractivity contribution is 0.198. The van der Waals surface area contributed by atoms with Gasteiger partial charge < -0.3 is 15.1 Å². The molecule has 0 saturated carbocycles. The monoisotopic (exact) mass is 223 g/mol. The molecule has 1 aromatic rings. The van der Waals surface area contributed by atoms with Crippen LogP contribution in [0.15, 0.2) is 18.3 Å². The number of carboxylic acid groups (broad SMARTS) is 1. The molecule has 1 aliphatic rings. The van der Waals surface area contributed by atoms with Gasteiger partial charge in [0, 0.05) is 13.1 Å². The number of aliphatic hydroxyl groups is 1. The number of carbonyl (C=O) groups is 1. The largest absolute Gasteiger partial charge is 0.465 e. The summed E-state index contributed by atoms with van der Waals surface area (Å²) in [4.78, 5) is 16.5. The van der Waals surface area contributed by atoms with Crippen LogP contribution in [0, 0.1) is 0 Å². The van der Waals surface area contributed by atoms with Gasteiger partial charge in [0.05, 0.1) is 18.0 Å². The lowest BCUT2D eigenvalue weighted by Gasteiger charge is -2.16. The van der Waals surface area contributed by atoms with Crippen LogP contribution in [0.4, 0.5) is 16.3 Å². The molecule has 0 aliphatic carbocycles. The number of hydrogen-bond donors (Lipinski definition) is 3. The van der Waals surface area contributed by atoms with Gasteiger partial charge in [0.25, 0.3) is 0 Å². The zero-order valence-electron chi connectivity index (χ0n) is 8.63. The van der Waals surface area contributed by atoms with Gasteiger partial charge in [0.2, 0.25) is 0 Å². The third-order valence-corrected chi connectivity index (χ3v) is 2.49. The summed E-state index contributed by atoms with van der Waals surface area (Å²) >= 11 is 0. The molecule has 1 fully saturated rings. The summed E-state index contributed by atoms with van der Waals surface area (Å²) in [5.41, 5.74) is 0.441. The van der Waals surface area contributed by atoms with E-state index in [1.165, 1.54) is 6.20 Å². The minimum Gasteiger partial charge on any atom is -0.465 e. The Hall–Kier alpha value is -1.82. The number of rotatable bonds is 2. The average molecular weight is 223 g/mol. The molecule has 1 aliphatic heterocycles. The van der Waals surface area contributed by atoms with Gasteiger partial charge in [-0.1, -0.05) is 0 Å². The Morgan fingerprint density at radius 1 is 1.56 bits per heavy atom. The minimum absolute atomic E-state index is 0.293. The van der Waals surface area contributed by atoms with Gasteiger partial charge in [0.15, 0.2) is 0 Å². The molecule has 0 unspecified atom stereocenters. The third kappa shape index (κ3) is 2.40. The SMILES string of the molecule is O=C(O)Nc1ccc(N2CC[C@H](O)C2)nc1. The Labute approximate surface area is 92.5 Å². The molecule has 0 radical (unpaired) electrons. The summed E-state index contributed by atoms with van der Waals surface area (Å²) in [7, 11) is 0. The number of amides is 1. The van der Waals surface area contributed by atoms with Crippen molar-refractivity contribution in [1.29, 1.82) is 0 Å². The van der Waals surface area contributed by atoms with Crippen LogP contribution in [0.5, 0.6) is 0 Å². The number of β-amino-alcohol motifs (C(OH)–C–C–N with tert-alkyl or cyclic N) is 1. The van der Waals surface area contributed by atoms with Gasteiger partial charge in [-0.2, -0.15) is 0 Å². The molecule has 86 valence electrons. The Morgan fingerprint density at radius 2 is 2.38 bits per heavy atom. The van der Waals surface area contributed by atoms with E-state index >= 15 is 0 Å². The summed E-state index contributed by atoms with van der Waals surface area (Å²) in [6, 6.07) is 3.39. The molecule has 1 amide bonds. The van der Waals surface area contributed by atoms with E-state index in [0.717, 1.165) is 18.8 Å². The van der Waals surface area contributed by atoms with Crippen LogP contribution in [0.3, 0.4) is 0 Å². The third-order valence-electron chi connectivity index (χ3n) is 2.49. The molecule has 6 nitrogen and oxygen atoms in total. The highest BCUT2D eigenvalue weighted by molar-refractivity contribution is 5.82. The van der Waals surface area contributed by atoms with Crippen LogP contribution in [0.2, 0.25) is 0 Å². The van der Waals surface area contributed by atoms with Crippen molar-refractivity contribution in [3.63, 3.8) is 0 Å². The van der Waals surface area contributed by atoms with Crippen LogP contribution in [-0.4, -0.2) is 40.5 Å². The Kier molecular flexibility index (Phi) is 2.91. The molecule has 6 heteroatoms.